The molecule has 0 radical (unpaired) electrons. The summed E-state index contributed by atoms with van der Waals surface area (Å²) in [6, 6.07) is 0. The number of rotatable bonds is 4. The Balaban J connectivity index is 1.35. The molecule has 1 saturated carbocycles. The largest absolute Gasteiger partial charge is 0.379 e. The van der Waals surface area contributed by atoms with Crippen molar-refractivity contribution in [3.63, 3.8) is 0 Å². The molecule has 1 aliphatic carbocycles. The third-order valence-electron chi connectivity index (χ3n) is 5.48. The number of hydrogen-bond acceptors (Lipinski definition) is 3. The zero-order valence-corrected chi connectivity index (χ0v) is 12.4. The van der Waals surface area contributed by atoms with Crippen molar-refractivity contribution in [2.24, 2.45) is 5.41 Å². The van der Waals surface area contributed by atoms with Crippen LogP contribution in [-0.4, -0.2) is 62.3 Å². The molecule has 2 heterocycles. The van der Waals surface area contributed by atoms with Gasteiger partial charge in [-0.2, -0.15) is 0 Å². The van der Waals surface area contributed by atoms with E-state index in [1.165, 1.54) is 71.1 Å². The molecular weight excluding hydrogens is 236 g/mol. The predicted octanol–water partition coefficient (Wildman–Crippen LogP) is 2.36. The Morgan fingerprint density at radius 1 is 0.789 bits per heavy atom. The minimum absolute atomic E-state index is 0.733. The van der Waals surface area contributed by atoms with E-state index < -0.39 is 0 Å². The summed E-state index contributed by atoms with van der Waals surface area (Å²) in [5, 5.41) is 0. The Hall–Kier alpha value is -0.120. The van der Waals surface area contributed by atoms with Crippen LogP contribution in [0, 0.1) is 5.41 Å². The molecule has 0 amide bonds. The number of ether oxygens (including phenoxy) is 1. The zero-order chi connectivity index (χ0) is 13.0. The fourth-order valence-electron chi connectivity index (χ4n) is 4.27. The smallest absolute Gasteiger partial charge is 0.0594 e. The second-order valence-corrected chi connectivity index (χ2v) is 6.89. The Kier molecular flexibility index (Phi) is 4.78. The molecule has 2 saturated heterocycles. The van der Waals surface area contributed by atoms with Crippen molar-refractivity contribution in [2.45, 2.75) is 44.9 Å². The molecule has 3 nitrogen and oxygen atoms in total. The summed E-state index contributed by atoms with van der Waals surface area (Å²) in [6.07, 6.45) is 10.3. The normalized spacial score (nSPS) is 29.1. The van der Waals surface area contributed by atoms with Gasteiger partial charge in [-0.1, -0.05) is 19.3 Å². The van der Waals surface area contributed by atoms with Gasteiger partial charge >= 0.3 is 0 Å². The molecule has 2 aliphatic heterocycles. The minimum atomic E-state index is 0.733. The molecule has 0 aromatic heterocycles. The molecule has 0 bridgehead atoms. The van der Waals surface area contributed by atoms with Crippen molar-refractivity contribution >= 4 is 0 Å². The Labute approximate surface area is 118 Å². The van der Waals surface area contributed by atoms with Gasteiger partial charge in [0.1, 0.15) is 0 Å². The van der Waals surface area contributed by atoms with Gasteiger partial charge in [0, 0.05) is 19.6 Å². The molecule has 110 valence electrons. The molecule has 0 N–H and O–H groups in total. The topological polar surface area (TPSA) is 15.7 Å². The molecule has 0 aromatic rings. The third-order valence-corrected chi connectivity index (χ3v) is 5.48. The summed E-state index contributed by atoms with van der Waals surface area (Å²) in [4.78, 5) is 5.31. The monoisotopic (exact) mass is 266 g/mol. The maximum atomic E-state index is 5.40. The highest BCUT2D eigenvalue weighted by atomic mass is 16.5. The van der Waals surface area contributed by atoms with Crippen LogP contribution >= 0.6 is 0 Å². The average molecular weight is 266 g/mol. The molecule has 19 heavy (non-hydrogen) atoms. The number of hydrogen-bond donors (Lipinski definition) is 0. The fraction of sp³-hybridized carbons (Fsp3) is 1.00. The standard InChI is InChI=1S/C16H30N2O/c1-2-5-16(6-3-1)7-10-18(15-16)9-4-8-17-11-13-19-14-12-17/h1-15H2. The highest BCUT2D eigenvalue weighted by molar-refractivity contribution is 4.91. The van der Waals surface area contributed by atoms with Crippen LogP contribution in [0.3, 0.4) is 0 Å². The summed E-state index contributed by atoms with van der Waals surface area (Å²) < 4.78 is 5.40. The third kappa shape index (κ3) is 3.71. The predicted molar refractivity (Wildman–Crippen MR) is 78.5 cm³/mol. The van der Waals surface area contributed by atoms with Crippen LogP contribution in [0.25, 0.3) is 0 Å². The lowest BCUT2D eigenvalue weighted by atomic mass is 9.73. The minimum Gasteiger partial charge on any atom is -0.379 e. The van der Waals surface area contributed by atoms with Crippen LogP contribution in [0.5, 0.6) is 0 Å². The second kappa shape index (κ2) is 6.55. The fourth-order valence-corrected chi connectivity index (χ4v) is 4.27. The molecule has 0 atom stereocenters. The van der Waals surface area contributed by atoms with E-state index in [-0.39, 0.29) is 0 Å². The summed E-state index contributed by atoms with van der Waals surface area (Å²) in [7, 11) is 0. The Morgan fingerprint density at radius 2 is 1.53 bits per heavy atom. The van der Waals surface area contributed by atoms with Crippen molar-refractivity contribution in [3.05, 3.63) is 0 Å². The van der Waals surface area contributed by atoms with E-state index >= 15 is 0 Å². The van der Waals surface area contributed by atoms with Crippen LogP contribution in [-0.2, 0) is 4.74 Å². The van der Waals surface area contributed by atoms with Crippen LogP contribution in [0.2, 0.25) is 0 Å². The van der Waals surface area contributed by atoms with Crippen molar-refractivity contribution in [1.82, 2.24) is 9.80 Å². The summed E-state index contributed by atoms with van der Waals surface area (Å²) >= 11 is 0. The summed E-state index contributed by atoms with van der Waals surface area (Å²) in [5.41, 5.74) is 0.733. The first-order valence-electron chi connectivity index (χ1n) is 8.39. The lowest BCUT2D eigenvalue weighted by Crippen LogP contribution is -2.38. The van der Waals surface area contributed by atoms with Gasteiger partial charge in [0.2, 0.25) is 0 Å². The average Bonchev–Trinajstić information content (AvgIpc) is 2.84. The number of nitrogens with zero attached hydrogens (tertiary/aromatic N) is 2. The lowest BCUT2D eigenvalue weighted by molar-refractivity contribution is 0.0362. The first-order valence-corrected chi connectivity index (χ1v) is 8.39. The van der Waals surface area contributed by atoms with Crippen LogP contribution < -0.4 is 0 Å². The van der Waals surface area contributed by atoms with Gasteiger partial charge in [-0.25, -0.2) is 0 Å². The molecule has 3 aliphatic rings. The molecule has 3 fully saturated rings. The van der Waals surface area contributed by atoms with Crippen molar-refractivity contribution in [2.75, 3.05) is 52.5 Å². The highest BCUT2D eigenvalue weighted by Crippen LogP contribution is 2.43. The molecule has 3 heteroatoms. The van der Waals surface area contributed by atoms with Crippen molar-refractivity contribution in [1.29, 1.82) is 0 Å². The lowest BCUT2D eigenvalue weighted by Gasteiger charge is -2.33. The van der Waals surface area contributed by atoms with Crippen molar-refractivity contribution in [3.8, 4) is 0 Å². The quantitative estimate of drug-likeness (QED) is 0.777. The molecule has 0 aromatic carbocycles. The van der Waals surface area contributed by atoms with Gasteiger partial charge in [0.25, 0.3) is 0 Å². The second-order valence-electron chi connectivity index (χ2n) is 6.89. The SMILES string of the molecule is C1CCC2(CC1)CCN(CCCN1CCOCC1)C2. The van der Waals surface area contributed by atoms with Crippen LogP contribution in [0.15, 0.2) is 0 Å². The van der Waals surface area contributed by atoms with Crippen LogP contribution in [0.1, 0.15) is 44.9 Å². The van der Waals surface area contributed by atoms with Gasteiger partial charge < -0.3 is 9.64 Å². The number of morpholine rings is 1. The first-order chi connectivity index (χ1) is 9.36. The van der Waals surface area contributed by atoms with Gasteiger partial charge in [-0.05, 0) is 50.7 Å². The Bertz CT molecular complexity index is 270. The molecule has 0 unspecified atom stereocenters. The zero-order valence-electron chi connectivity index (χ0n) is 12.4. The van der Waals surface area contributed by atoms with Gasteiger partial charge in [-0.3, -0.25) is 4.90 Å². The van der Waals surface area contributed by atoms with E-state index in [2.05, 4.69) is 9.80 Å². The van der Waals surface area contributed by atoms with Crippen LogP contribution in [0.4, 0.5) is 0 Å². The van der Waals surface area contributed by atoms with Gasteiger partial charge in [-0.15, -0.1) is 0 Å². The maximum absolute atomic E-state index is 5.40. The summed E-state index contributed by atoms with van der Waals surface area (Å²) in [6.45, 7) is 9.51. The van der Waals surface area contributed by atoms with E-state index in [1.807, 2.05) is 0 Å². The van der Waals surface area contributed by atoms with E-state index in [4.69, 9.17) is 4.74 Å². The van der Waals surface area contributed by atoms with Gasteiger partial charge in [0.15, 0.2) is 0 Å². The van der Waals surface area contributed by atoms with E-state index in [9.17, 15) is 0 Å². The molecule has 3 rings (SSSR count). The van der Waals surface area contributed by atoms with E-state index in [0.717, 1.165) is 31.7 Å². The Morgan fingerprint density at radius 3 is 2.32 bits per heavy atom. The maximum Gasteiger partial charge on any atom is 0.0594 e. The summed E-state index contributed by atoms with van der Waals surface area (Å²) in [5.74, 6) is 0. The highest BCUT2D eigenvalue weighted by Gasteiger charge is 2.38. The first kappa shape index (κ1) is 13.8. The molecular formula is C16H30N2O. The molecule has 1 spiro atoms. The van der Waals surface area contributed by atoms with Gasteiger partial charge in [0.05, 0.1) is 13.2 Å². The van der Waals surface area contributed by atoms with Crippen molar-refractivity contribution < 1.29 is 4.74 Å². The van der Waals surface area contributed by atoms with E-state index in [1.54, 1.807) is 0 Å². The van der Waals surface area contributed by atoms with E-state index in [0.29, 0.717) is 0 Å². The number of likely N-dealkylation sites (tertiary alicyclic amines) is 1.